The van der Waals surface area contributed by atoms with Crippen LogP contribution in [-0.2, 0) is 37.5 Å². The molecule has 0 fully saturated rings. The molecule has 158 valence electrons. The van der Waals surface area contributed by atoms with Crippen molar-refractivity contribution in [2.75, 3.05) is 13.6 Å². The zero-order valence-electron chi connectivity index (χ0n) is 17.7. The number of aromatic nitrogens is 3. The third-order valence-electron chi connectivity index (χ3n) is 4.74. The molecule has 2 aromatic carbocycles. The van der Waals surface area contributed by atoms with Gasteiger partial charge in [-0.05, 0) is 16.7 Å². The molecule has 0 radical (unpaired) electrons. The van der Waals surface area contributed by atoms with E-state index in [4.69, 9.17) is 4.74 Å². The van der Waals surface area contributed by atoms with Gasteiger partial charge in [-0.2, -0.15) is 0 Å². The minimum absolute atomic E-state index is 0.606. The van der Waals surface area contributed by atoms with Gasteiger partial charge in [0, 0.05) is 33.1 Å². The molecule has 3 aromatic rings. The molecule has 0 unspecified atom stereocenters. The number of ether oxygens (including phenoxy) is 1. The van der Waals surface area contributed by atoms with Crippen LogP contribution in [0.5, 0.6) is 0 Å². The lowest BCUT2D eigenvalue weighted by molar-refractivity contribution is 0.107. The number of nitrogens with one attached hydrogen (secondary N) is 2. The summed E-state index contributed by atoms with van der Waals surface area (Å²) in [5, 5.41) is 14.7. The predicted octanol–water partition coefficient (Wildman–Crippen LogP) is 2.92. The van der Waals surface area contributed by atoms with Crippen LogP contribution in [0.4, 0.5) is 0 Å². The minimum atomic E-state index is 0.606. The molecule has 0 aliphatic heterocycles. The van der Waals surface area contributed by atoms with Crippen molar-refractivity contribution in [1.82, 2.24) is 25.4 Å². The van der Waals surface area contributed by atoms with Gasteiger partial charge in [0.15, 0.2) is 5.96 Å². The highest BCUT2D eigenvalue weighted by Gasteiger charge is 2.03. The van der Waals surface area contributed by atoms with E-state index in [1.807, 2.05) is 18.2 Å². The highest BCUT2D eigenvalue weighted by Crippen LogP contribution is 2.08. The summed E-state index contributed by atoms with van der Waals surface area (Å²) < 4.78 is 7.85. The number of aliphatic imine (C=N–C) groups is 1. The van der Waals surface area contributed by atoms with E-state index in [9.17, 15) is 0 Å². The number of aryl methyl sites for hydroxylation is 1. The van der Waals surface area contributed by atoms with Gasteiger partial charge in [-0.1, -0.05) is 61.5 Å². The predicted molar refractivity (Wildman–Crippen MR) is 119 cm³/mol. The van der Waals surface area contributed by atoms with Crippen molar-refractivity contribution in [3.05, 3.63) is 83.4 Å². The molecular formula is C23H30N6O. The monoisotopic (exact) mass is 406 g/mol. The van der Waals surface area contributed by atoms with Crippen molar-refractivity contribution in [2.45, 2.75) is 39.6 Å². The molecule has 0 aliphatic rings. The fraction of sp³-hybridized carbons (Fsp3) is 0.348. The Bertz CT molecular complexity index is 905. The van der Waals surface area contributed by atoms with Gasteiger partial charge in [0.2, 0.25) is 0 Å². The van der Waals surface area contributed by atoms with Crippen molar-refractivity contribution in [3.8, 4) is 0 Å². The first-order valence-corrected chi connectivity index (χ1v) is 10.3. The molecule has 0 spiro atoms. The number of benzene rings is 2. The third-order valence-corrected chi connectivity index (χ3v) is 4.74. The van der Waals surface area contributed by atoms with Gasteiger partial charge >= 0.3 is 0 Å². The van der Waals surface area contributed by atoms with E-state index in [0.29, 0.717) is 19.8 Å². The molecule has 0 saturated heterocycles. The summed E-state index contributed by atoms with van der Waals surface area (Å²) in [5.41, 5.74) is 3.54. The van der Waals surface area contributed by atoms with E-state index in [1.54, 1.807) is 13.4 Å². The quantitative estimate of drug-likeness (QED) is 0.400. The van der Waals surface area contributed by atoms with Crippen molar-refractivity contribution in [3.63, 3.8) is 0 Å². The summed E-state index contributed by atoms with van der Waals surface area (Å²) >= 11 is 0. The fourth-order valence-electron chi connectivity index (χ4n) is 3.05. The summed E-state index contributed by atoms with van der Waals surface area (Å²) in [6.07, 6.45) is 2.64. The van der Waals surface area contributed by atoms with E-state index in [2.05, 4.69) is 73.7 Å². The van der Waals surface area contributed by atoms with Gasteiger partial charge in [0.25, 0.3) is 0 Å². The lowest BCUT2D eigenvalue weighted by atomic mass is 10.1. The number of rotatable bonds is 10. The molecule has 0 aliphatic carbocycles. The van der Waals surface area contributed by atoms with Crippen LogP contribution in [0.1, 0.15) is 29.4 Å². The summed E-state index contributed by atoms with van der Waals surface area (Å²) in [6.45, 7) is 5.57. The molecule has 0 bridgehead atoms. The Morgan fingerprint density at radius 2 is 1.67 bits per heavy atom. The number of hydrogen-bond acceptors (Lipinski definition) is 4. The zero-order chi connectivity index (χ0) is 21.0. The second-order valence-electron chi connectivity index (χ2n) is 6.94. The first-order chi connectivity index (χ1) is 14.8. The van der Waals surface area contributed by atoms with Crippen LogP contribution in [0.2, 0.25) is 0 Å². The van der Waals surface area contributed by atoms with Crippen LogP contribution in [0.15, 0.2) is 65.9 Å². The van der Waals surface area contributed by atoms with E-state index in [0.717, 1.165) is 36.9 Å². The average Bonchev–Trinajstić information content (AvgIpc) is 3.25. The first-order valence-electron chi connectivity index (χ1n) is 10.3. The molecule has 30 heavy (non-hydrogen) atoms. The van der Waals surface area contributed by atoms with Crippen molar-refractivity contribution < 1.29 is 4.74 Å². The van der Waals surface area contributed by atoms with Gasteiger partial charge in [0.05, 0.1) is 13.2 Å². The Morgan fingerprint density at radius 3 is 2.37 bits per heavy atom. The minimum Gasteiger partial charge on any atom is -0.372 e. The Kier molecular flexibility index (Phi) is 8.41. The highest BCUT2D eigenvalue weighted by atomic mass is 16.5. The number of hydrogen-bond donors (Lipinski definition) is 2. The molecule has 1 heterocycles. The lowest BCUT2D eigenvalue weighted by Gasteiger charge is -2.13. The number of nitrogens with zero attached hydrogens (tertiary/aromatic N) is 4. The van der Waals surface area contributed by atoms with Gasteiger partial charge < -0.3 is 19.9 Å². The Morgan fingerprint density at radius 1 is 0.967 bits per heavy atom. The van der Waals surface area contributed by atoms with Crippen LogP contribution in [0.25, 0.3) is 0 Å². The van der Waals surface area contributed by atoms with Gasteiger partial charge in [-0.25, -0.2) is 0 Å². The maximum absolute atomic E-state index is 5.80. The highest BCUT2D eigenvalue weighted by molar-refractivity contribution is 5.79. The molecule has 2 N–H and O–H groups in total. The van der Waals surface area contributed by atoms with Crippen LogP contribution >= 0.6 is 0 Å². The largest absolute Gasteiger partial charge is 0.372 e. The summed E-state index contributed by atoms with van der Waals surface area (Å²) in [6, 6.07) is 18.7. The van der Waals surface area contributed by atoms with Gasteiger partial charge in [-0.3, -0.25) is 4.99 Å². The van der Waals surface area contributed by atoms with E-state index in [1.165, 1.54) is 11.1 Å². The van der Waals surface area contributed by atoms with E-state index >= 15 is 0 Å². The Balaban J connectivity index is 1.37. The summed E-state index contributed by atoms with van der Waals surface area (Å²) in [5.74, 6) is 1.77. The zero-order valence-corrected chi connectivity index (χ0v) is 17.7. The van der Waals surface area contributed by atoms with Crippen LogP contribution < -0.4 is 10.6 Å². The van der Waals surface area contributed by atoms with Crippen LogP contribution in [-0.4, -0.2) is 34.3 Å². The first kappa shape index (κ1) is 21.5. The van der Waals surface area contributed by atoms with Crippen LogP contribution in [0, 0.1) is 0 Å². The van der Waals surface area contributed by atoms with E-state index < -0.39 is 0 Å². The van der Waals surface area contributed by atoms with Crippen molar-refractivity contribution in [1.29, 1.82) is 0 Å². The second kappa shape index (κ2) is 11.7. The van der Waals surface area contributed by atoms with Gasteiger partial charge in [-0.15, -0.1) is 10.2 Å². The summed E-state index contributed by atoms with van der Waals surface area (Å²) in [7, 11) is 1.78. The topological polar surface area (TPSA) is 76.4 Å². The molecular weight excluding hydrogens is 376 g/mol. The fourth-order valence-corrected chi connectivity index (χ4v) is 3.05. The lowest BCUT2D eigenvalue weighted by Crippen LogP contribution is -2.38. The third kappa shape index (κ3) is 6.70. The van der Waals surface area contributed by atoms with Gasteiger partial charge in [0.1, 0.15) is 12.2 Å². The van der Waals surface area contributed by atoms with Crippen molar-refractivity contribution in [2.24, 2.45) is 4.99 Å². The molecule has 1 aromatic heterocycles. The summed E-state index contributed by atoms with van der Waals surface area (Å²) in [4.78, 5) is 4.29. The molecule has 7 nitrogen and oxygen atoms in total. The normalized spacial score (nSPS) is 11.5. The molecule has 0 saturated carbocycles. The standard InChI is InChI=1S/C23H30N6O/c1-3-22-28-27-18-29(22)14-13-25-23(24-2)26-15-19-9-11-21(12-10-19)17-30-16-20-7-5-4-6-8-20/h4-12,18H,3,13-17H2,1-2H3,(H2,24,25,26). The van der Waals surface area contributed by atoms with Crippen LogP contribution in [0.3, 0.4) is 0 Å². The molecule has 0 atom stereocenters. The smallest absolute Gasteiger partial charge is 0.191 e. The maximum atomic E-state index is 5.80. The molecule has 7 heteroatoms. The Labute approximate surface area is 178 Å². The van der Waals surface area contributed by atoms with Crippen molar-refractivity contribution >= 4 is 5.96 Å². The van der Waals surface area contributed by atoms with E-state index in [-0.39, 0.29) is 0 Å². The number of guanidine groups is 1. The second-order valence-corrected chi connectivity index (χ2v) is 6.94. The maximum Gasteiger partial charge on any atom is 0.191 e. The SMILES string of the molecule is CCc1nncn1CCNC(=NC)NCc1ccc(COCc2ccccc2)cc1. The molecule has 0 amide bonds. The molecule has 3 rings (SSSR count). The Hall–Kier alpha value is -3.19. The average molecular weight is 407 g/mol.